The standard InChI is InChI=1S/C19H22F2/c1-13(15-6-8-16(20)9-7-15)11-14-5-10-18(21)17(12-14)19(2,3)4/h5-10,12-13H,11H2,1-4H3. The van der Waals surface area contributed by atoms with E-state index in [9.17, 15) is 8.78 Å². The van der Waals surface area contributed by atoms with Crippen LogP contribution < -0.4 is 0 Å². The van der Waals surface area contributed by atoms with Crippen LogP contribution in [0, 0.1) is 11.6 Å². The van der Waals surface area contributed by atoms with Crippen molar-refractivity contribution in [2.75, 3.05) is 0 Å². The van der Waals surface area contributed by atoms with Crippen LogP contribution in [0.5, 0.6) is 0 Å². The highest BCUT2D eigenvalue weighted by atomic mass is 19.1. The molecule has 0 saturated carbocycles. The van der Waals surface area contributed by atoms with Gasteiger partial charge in [-0.15, -0.1) is 0 Å². The predicted octanol–water partition coefficient (Wildman–Crippen LogP) is 5.61. The molecule has 0 aliphatic heterocycles. The molecule has 1 unspecified atom stereocenters. The minimum atomic E-state index is -0.220. The van der Waals surface area contributed by atoms with E-state index in [4.69, 9.17) is 0 Å². The van der Waals surface area contributed by atoms with Gasteiger partial charge in [0, 0.05) is 0 Å². The molecule has 1 atom stereocenters. The predicted molar refractivity (Wildman–Crippen MR) is 83.6 cm³/mol. The van der Waals surface area contributed by atoms with Crippen molar-refractivity contribution in [2.45, 2.75) is 45.4 Å². The minimum Gasteiger partial charge on any atom is -0.207 e. The first-order chi connectivity index (χ1) is 9.77. The molecule has 0 aromatic heterocycles. The van der Waals surface area contributed by atoms with E-state index in [-0.39, 0.29) is 23.0 Å². The lowest BCUT2D eigenvalue weighted by atomic mass is 9.84. The summed E-state index contributed by atoms with van der Waals surface area (Å²) < 4.78 is 26.9. The van der Waals surface area contributed by atoms with Crippen LogP contribution in [-0.2, 0) is 11.8 Å². The molecule has 2 heteroatoms. The molecule has 2 aromatic rings. The fraction of sp³-hybridized carbons (Fsp3) is 0.368. The van der Waals surface area contributed by atoms with Crippen molar-refractivity contribution in [1.82, 2.24) is 0 Å². The quantitative estimate of drug-likeness (QED) is 0.688. The van der Waals surface area contributed by atoms with E-state index in [1.54, 1.807) is 6.07 Å². The SMILES string of the molecule is CC(Cc1ccc(F)c(C(C)(C)C)c1)c1ccc(F)cc1. The Morgan fingerprint density at radius 3 is 2.14 bits per heavy atom. The summed E-state index contributed by atoms with van der Waals surface area (Å²) in [5, 5.41) is 0. The number of rotatable bonds is 3. The van der Waals surface area contributed by atoms with Crippen molar-refractivity contribution in [1.29, 1.82) is 0 Å². The van der Waals surface area contributed by atoms with Gasteiger partial charge in [-0.3, -0.25) is 0 Å². The zero-order valence-corrected chi connectivity index (χ0v) is 13.1. The third kappa shape index (κ3) is 3.90. The Labute approximate surface area is 125 Å². The second-order valence-corrected chi connectivity index (χ2v) is 6.72. The van der Waals surface area contributed by atoms with Gasteiger partial charge in [0.25, 0.3) is 0 Å². The highest BCUT2D eigenvalue weighted by molar-refractivity contribution is 5.32. The largest absolute Gasteiger partial charge is 0.207 e. The molecule has 2 aromatic carbocycles. The normalized spacial score (nSPS) is 13.2. The van der Waals surface area contributed by atoms with Gasteiger partial charge in [-0.1, -0.05) is 52.0 Å². The first-order valence-corrected chi connectivity index (χ1v) is 7.32. The Balaban J connectivity index is 2.21. The average Bonchev–Trinajstić information content (AvgIpc) is 2.40. The van der Waals surface area contributed by atoms with Gasteiger partial charge in [0.05, 0.1) is 0 Å². The Bertz CT molecular complexity index is 606. The summed E-state index contributed by atoms with van der Waals surface area (Å²) in [4.78, 5) is 0. The maximum Gasteiger partial charge on any atom is 0.126 e. The smallest absolute Gasteiger partial charge is 0.126 e. The van der Waals surface area contributed by atoms with Crippen LogP contribution in [0.2, 0.25) is 0 Å². The fourth-order valence-electron chi connectivity index (χ4n) is 2.54. The molecule has 0 nitrogen and oxygen atoms in total. The topological polar surface area (TPSA) is 0 Å². The fourth-order valence-corrected chi connectivity index (χ4v) is 2.54. The Morgan fingerprint density at radius 2 is 1.57 bits per heavy atom. The molecule has 0 aliphatic rings. The molecule has 112 valence electrons. The van der Waals surface area contributed by atoms with E-state index in [1.165, 1.54) is 12.1 Å². The Morgan fingerprint density at radius 1 is 0.952 bits per heavy atom. The number of benzene rings is 2. The molecular formula is C19H22F2. The molecule has 0 bridgehead atoms. The average molecular weight is 288 g/mol. The lowest BCUT2D eigenvalue weighted by Gasteiger charge is -2.21. The molecule has 0 spiro atoms. The second-order valence-electron chi connectivity index (χ2n) is 6.72. The third-order valence-corrected chi connectivity index (χ3v) is 3.82. The minimum absolute atomic E-state index is 0.152. The summed E-state index contributed by atoms with van der Waals surface area (Å²) in [6, 6.07) is 11.9. The lowest BCUT2D eigenvalue weighted by molar-refractivity contribution is 0.521. The summed E-state index contributed by atoms with van der Waals surface area (Å²) in [7, 11) is 0. The van der Waals surface area contributed by atoms with E-state index >= 15 is 0 Å². The molecule has 0 heterocycles. The molecule has 0 amide bonds. The van der Waals surface area contributed by atoms with Crippen molar-refractivity contribution >= 4 is 0 Å². The van der Waals surface area contributed by atoms with Gasteiger partial charge in [0.1, 0.15) is 11.6 Å². The highest BCUT2D eigenvalue weighted by Gasteiger charge is 2.19. The Hall–Kier alpha value is -1.70. The molecule has 2 rings (SSSR count). The van der Waals surface area contributed by atoms with Crippen LogP contribution in [0.25, 0.3) is 0 Å². The van der Waals surface area contributed by atoms with Crippen LogP contribution in [0.1, 0.15) is 50.3 Å². The van der Waals surface area contributed by atoms with Crippen LogP contribution in [-0.4, -0.2) is 0 Å². The third-order valence-electron chi connectivity index (χ3n) is 3.82. The number of halogens is 2. The van der Waals surface area contributed by atoms with Crippen LogP contribution >= 0.6 is 0 Å². The van der Waals surface area contributed by atoms with Gasteiger partial charge in [0.15, 0.2) is 0 Å². The molecule has 0 radical (unpaired) electrons. The van der Waals surface area contributed by atoms with Gasteiger partial charge in [0.2, 0.25) is 0 Å². The Kier molecular flexibility index (Phi) is 4.46. The van der Waals surface area contributed by atoms with Crippen molar-refractivity contribution < 1.29 is 8.78 Å². The van der Waals surface area contributed by atoms with Crippen molar-refractivity contribution in [2.24, 2.45) is 0 Å². The summed E-state index contributed by atoms with van der Waals surface area (Å²) >= 11 is 0. The van der Waals surface area contributed by atoms with Crippen molar-refractivity contribution in [3.05, 3.63) is 70.8 Å². The lowest BCUT2D eigenvalue weighted by Crippen LogP contribution is -2.14. The van der Waals surface area contributed by atoms with E-state index < -0.39 is 0 Å². The summed E-state index contributed by atoms with van der Waals surface area (Å²) in [6.07, 6.45) is 0.814. The number of hydrogen-bond donors (Lipinski definition) is 0. The highest BCUT2D eigenvalue weighted by Crippen LogP contribution is 2.28. The van der Waals surface area contributed by atoms with Gasteiger partial charge in [-0.25, -0.2) is 8.78 Å². The first-order valence-electron chi connectivity index (χ1n) is 7.32. The first kappa shape index (κ1) is 15.7. The van der Waals surface area contributed by atoms with Crippen LogP contribution in [0.4, 0.5) is 8.78 Å². The van der Waals surface area contributed by atoms with Gasteiger partial charge < -0.3 is 0 Å². The monoisotopic (exact) mass is 288 g/mol. The summed E-state index contributed by atoms with van der Waals surface area (Å²) in [5.74, 6) is -0.104. The molecule has 0 saturated heterocycles. The van der Waals surface area contributed by atoms with Crippen molar-refractivity contribution in [3.63, 3.8) is 0 Å². The van der Waals surface area contributed by atoms with Crippen LogP contribution in [0.15, 0.2) is 42.5 Å². The molecular weight excluding hydrogens is 266 g/mol. The van der Waals surface area contributed by atoms with E-state index in [1.807, 2.05) is 45.0 Å². The zero-order chi connectivity index (χ0) is 15.6. The molecule has 0 N–H and O–H groups in total. The maximum atomic E-state index is 13.9. The number of hydrogen-bond acceptors (Lipinski definition) is 0. The van der Waals surface area contributed by atoms with Gasteiger partial charge in [-0.2, -0.15) is 0 Å². The maximum absolute atomic E-state index is 13.9. The van der Waals surface area contributed by atoms with Gasteiger partial charge in [-0.05, 0) is 52.6 Å². The second kappa shape index (κ2) is 5.97. The van der Waals surface area contributed by atoms with E-state index in [2.05, 4.69) is 6.92 Å². The summed E-state index contributed by atoms with van der Waals surface area (Å²) in [6.45, 7) is 8.14. The zero-order valence-electron chi connectivity index (χ0n) is 13.1. The molecule has 21 heavy (non-hydrogen) atoms. The molecule has 0 aliphatic carbocycles. The van der Waals surface area contributed by atoms with E-state index in [0.717, 1.165) is 23.1 Å². The molecule has 0 fully saturated rings. The van der Waals surface area contributed by atoms with Gasteiger partial charge >= 0.3 is 0 Å². The van der Waals surface area contributed by atoms with Crippen molar-refractivity contribution in [3.8, 4) is 0 Å². The van der Waals surface area contributed by atoms with E-state index in [0.29, 0.717) is 0 Å². The summed E-state index contributed by atoms with van der Waals surface area (Å²) in [5.41, 5.74) is 2.74. The van der Waals surface area contributed by atoms with Crippen LogP contribution in [0.3, 0.4) is 0 Å².